The van der Waals surface area contributed by atoms with Crippen LogP contribution in [0.25, 0.3) is 0 Å². The fraction of sp³-hybridized carbons (Fsp3) is 0.444. The van der Waals surface area contributed by atoms with Gasteiger partial charge in [0.25, 0.3) is 5.91 Å². The molecule has 0 saturated heterocycles. The van der Waals surface area contributed by atoms with Crippen molar-refractivity contribution in [2.75, 3.05) is 50.8 Å². The van der Waals surface area contributed by atoms with Gasteiger partial charge in [0.2, 0.25) is 16.8 Å². The van der Waals surface area contributed by atoms with E-state index in [1.165, 1.54) is 11.4 Å². The molecule has 2 heterocycles. The Kier molecular flexibility index (Phi) is 12.2. The van der Waals surface area contributed by atoms with Gasteiger partial charge < -0.3 is 39.6 Å². The molecule has 270 valence electrons. The molecule has 3 aromatic rings. The van der Waals surface area contributed by atoms with E-state index < -0.39 is 34.1 Å². The lowest BCUT2D eigenvalue weighted by Gasteiger charge is -2.35. The van der Waals surface area contributed by atoms with E-state index in [0.717, 1.165) is 12.8 Å². The van der Waals surface area contributed by atoms with Gasteiger partial charge >= 0.3 is 6.03 Å². The minimum absolute atomic E-state index is 0.0661. The maximum Gasteiger partial charge on any atom is 0.323 e. The number of anilines is 2. The van der Waals surface area contributed by atoms with E-state index in [1.807, 2.05) is 13.8 Å². The lowest BCUT2D eigenvalue weighted by atomic mass is 10.0. The Morgan fingerprint density at radius 3 is 2.38 bits per heavy atom. The van der Waals surface area contributed by atoms with Crippen LogP contribution in [0.4, 0.5) is 16.2 Å². The number of benzene rings is 3. The highest BCUT2D eigenvalue weighted by Crippen LogP contribution is 2.34. The molecule has 4 atom stereocenters. The van der Waals surface area contributed by atoms with Crippen LogP contribution in [0.2, 0.25) is 0 Å². The zero-order chi connectivity index (χ0) is 35.8. The minimum Gasteiger partial charge on any atom is -0.490 e. The second-order valence-corrected chi connectivity index (χ2v) is 14.8. The molecule has 0 saturated carbocycles. The predicted molar refractivity (Wildman–Crippen MR) is 188 cm³/mol. The number of fused-ring (bicyclic) bond motifs is 2. The number of carbonyl (C=O) groups excluding carboxylic acids is 2. The Morgan fingerprint density at radius 1 is 0.980 bits per heavy atom. The molecule has 0 bridgehead atoms. The van der Waals surface area contributed by atoms with Gasteiger partial charge in [-0.05, 0) is 75.6 Å². The summed E-state index contributed by atoms with van der Waals surface area (Å²) in [7, 11) is -2.26. The number of aliphatic hydroxyl groups is 1. The highest BCUT2D eigenvalue weighted by molar-refractivity contribution is 7.89. The van der Waals surface area contributed by atoms with E-state index in [-0.39, 0.29) is 49.0 Å². The van der Waals surface area contributed by atoms with E-state index in [9.17, 15) is 23.1 Å². The summed E-state index contributed by atoms with van der Waals surface area (Å²) in [5, 5.41) is 15.8. The summed E-state index contributed by atoms with van der Waals surface area (Å²) >= 11 is 0. The molecule has 0 spiro atoms. The summed E-state index contributed by atoms with van der Waals surface area (Å²) < 4.78 is 51.4. The number of aliphatic hydroxyl groups excluding tert-OH is 1. The van der Waals surface area contributed by atoms with Crippen molar-refractivity contribution >= 4 is 33.3 Å². The van der Waals surface area contributed by atoms with Crippen molar-refractivity contribution in [1.82, 2.24) is 9.21 Å². The molecule has 0 radical (unpaired) electrons. The van der Waals surface area contributed by atoms with Crippen LogP contribution in [0.1, 0.15) is 50.4 Å². The fourth-order valence-corrected chi connectivity index (χ4v) is 7.06. The first-order valence-corrected chi connectivity index (χ1v) is 18.2. The summed E-state index contributed by atoms with van der Waals surface area (Å²) in [5.74, 6) is 0.719. The Labute approximate surface area is 293 Å². The summed E-state index contributed by atoms with van der Waals surface area (Å²) in [6, 6.07) is 17.0. The predicted octanol–water partition coefficient (Wildman–Crippen LogP) is 5.18. The Bertz CT molecular complexity index is 1740. The molecule has 14 heteroatoms. The molecule has 3 aromatic carbocycles. The first kappa shape index (κ1) is 36.9. The van der Waals surface area contributed by atoms with Crippen LogP contribution in [-0.2, 0) is 14.8 Å². The van der Waals surface area contributed by atoms with Gasteiger partial charge in [-0.3, -0.25) is 4.79 Å². The van der Waals surface area contributed by atoms with Gasteiger partial charge in [-0.1, -0.05) is 25.1 Å². The van der Waals surface area contributed by atoms with E-state index in [1.54, 1.807) is 78.6 Å². The standard InChI is InChI=1S/C36H46N4O9S/c1-24-20-40(25(2)22-41)35(42)30-18-27(37-36(43)38-28-14-16-32-33(19-28)48-23-47-32)13-15-31(30)49-26(3)10-8-9-17-46-34(24)21-39(4)50(44,45)29-11-6-5-7-12-29/h5-7,11-16,18-19,24-26,34,41H,8-10,17,20-23H2,1-4H3,(H2,37,38,43)/t24-,25+,26+,34+/m0/s1. The molecule has 3 N–H and O–H groups in total. The molecule has 2 aliphatic rings. The first-order valence-electron chi connectivity index (χ1n) is 16.8. The number of amides is 3. The van der Waals surface area contributed by atoms with Crippen LogP contribution in [0.5, 0.6) is 17.2 Å². The quantitative estimate of drug-likeness (QED) is 0.287. The number of rotatable bonds is 8. The molecule has 5 rings (SSSR count). The van der Waals surface area contributed by atoms with Crippen molar-refractivity contribution in [3.05, 3.63) is 72.3 Å². The minimum atomic E-state index is -3.79. The Morgan fingerprint density at radius 2 is 1.66 bits per heavy atom. The number of ether oxygens (including phenoxy) is 4. The zero-order valence-corrected chi connectivity index (χ0v) is 29.6. The topological polar surface area (TPSA) is 156 Å². The van der Waals surface area contributed by atoms with Gasteiger partial charge in [-0.2, -0.15) is 4.31 Å². The van der Waals surface area contributed by atoms with E-state index in [2.05, 4.69) is 10.6 Å². The van der Waals surface area contributed by atoms with E-state index >= 15 is 0 Å². The zero-order valence-electron chi connectivity index (χ0n) is 28.8. The van der Waals surface area contributed by atoms with E-state index in [0.29, 0.717) is 41.7 Å². The molecule has 0 unspecified atom stereocenters. The average Bonchev–Trinajstić information content (AvgIpc) is 3.57. The second kappa shape index (κ2) is 16.6. The molecule has 0 fully saturated rings. The highest BCUT2D eigenvalue weighted by atomic mass is 32.2. The number of sulfonamides is 1. The normalized spacial score (nSPS) is 20.7. The number of nitrogens with zero attached hydrogens (tertiary/aromatic N) is 2. The van der Waals surface area contributed by atoms with Gasteiger partial charge in [0.15, 0.2) is 11.5 Å². The molecule has 2 aliphatic heterocycles. The Balaban J connectivity index is 1.39. The third kappa shape index (κ3) is 9.04. The highest BCUT2D eigenvalue weighted by Gasteiger charge is 2.32. The molecule has 0 aliphatic carbocycles. The Hall–Kier alpha value is -4.37. The smallest absolute Gasteiger partial charge is 0.323 e. The lowest BCUT2D eigenvalue weighted by Crippen LogP contribution is -2.48. The number of hydrogen-bond acceptors (Lipinski definition) is 9. The summed E-state index contributed by atoms with van der Waals surface area (Å²) in [6.07, 6.45) is 1.42. The van der Waals surface area contributed by atoms with Crippen molar-refractivity contribution in [3.8, 4) is 17.2 Å². The number of nitrogens with one attached hydrogen (secondary N) is 2. The molecule has 50 heavy (non-hydrogen) atoms. The van der Waals surface area contributed by atoms with Crippen molar-refractivity contribution in [2.24, 2.45) is 5.92 Å². The summed E-state index contributed by atoms with van der Waals surface area (Å²) in [6.45, 7) is 5.99. The van der Waals surface area contributed by atoms with Gasteiger partial charge in [0.05, 0.1) is 35.3 Å². The maximum atomic E-state index is 14.4. The van der Waals surface area contributed by atoms with Crippen molar-refractivity contribution in [2.45, 2.75) is 63.2 Å². The molecule has 3 amide bonds. The van der Waals surface area contributed by atoms with Crippen LogP contribution in [0, 0.1) is 5.92 Å². The van der Waals surface area contributed by atoms with Crippen LogP contribution in [-0.4, -0.2) is 93.1 Å². The van der Waals surface area contributed by atoms with Gasteiger partial charge in [-0.25, -0.2) is 13.2 Å². The van der Waals surface area contributed by atoms with E-state index in [4.69, 9.17) is 18.9 Å². The third-order valence-electron chi connectivity index (χ3n) is 8.83. The monoisotopic (exact) mass is 710 g/mol. The van der Waals surface area contributed by atoms with Crippen molar-refractivity contribution < 1.29 is 42.1 Å². The molecule has 13 nitrogen and oxygen atoms in total. The average molecular weight is 711 g/mol. The lowest BCUT2D eigenvalue weighted by molar-refractivity contribution is -0.00833. The number of urea groups is 1. The largest absolute Gasteiger partial charge is 0.490 e. The third-order valence-corrected chi connectivity index (χ3v) is 10.7. The van der Waals surface area contributed by atoms with Gasteiger partial charge in [0, 0.05) is 50.1 Å². The fourth-order valence-electron chi connectivity index (χ4n) is 5.85. The van der Waals surface area contributed by atoms with Crippen molar-refractivity contribution in [3.63, 3.8) is 0 Å². The second-order valence-electron chi connectivity index (χ2n) is 12.8. The first-order chi connectivity index (χ1) is 24.0. The van der Waals surface area contributed by atoms with Crippen LogP contribution in [0.15, 0.2) is 71.6 Å². The summed E-state index contributed by atoms with van der Waals surface area (Å²) in [5.41, 5.74) is 1.06. The number of carbonyl (C=O) groups is 2. The van der Waals surface area contributed by atoms with Crippen LogP contribution >= 0.6 is 0 Å². The number of hydrogen-bond donors (Lipinski definition) is 3. The molecular weight excluding hydrogens is 664 g/mol. The van der Waals surface area contributed by atoms with Gasteiger partial charge in [-0.15, -0.1) is 0 Å². The van der Waals surface area contributed by atoms with Crippen molar-refractivity contribution in [1.29, 1.82) is 0 Å². The maximum absolute atomic E-state index is 14.4. The van der Waals surface area contributed by atoms with Gasteiger partial charge in [0.1, 0.15) is 5.75 Å². The molecular formula is C36H46N4O9S. The van der Waals surface area contributed by atoms with Crippen LogP contribution < -0.4 is 24.8 Å². The van der Waals surface area contributed by atoms with Crippen LogP contribution in [0.3, 0.4) is 0 Å². The number of likely N-dealkylation sites (N-methyl/N-ethyl adjacent to an activating group) is 1. The SMILES string of the molecule is C[C@@H]1CCCCO[C@H](CN(C)S(=O)(=O)c2ccccc2)[C@@H](C)CN([C@H](C)CO)C(=O)c2cc(NC(=O)Nc3ccc4c(c3)OCO4)ccc2O1. The summed E-state index contributed by atoms with van der Waals surface area (Å²) in [4.78, 5) is 29.1. The molecule has 0 aromatic heterocycles.